The average molecular weight is 282 g/mol. The molecule has 20 heavy (non-hydrogen) atoms. The van der Waals surface area contributed by atoms with Crippen LogP contribution in [0.3, 0.4) is 0 Å². The van der Waals surface area contributed by atoms with Crippen molar-refractivity contribution in [2.45, 2.75) is 0 Å². The Morgan fingerprint density at radius 1 is 1.15 bits per heavy atom. The van der Waals surface area contributed by atoms with E-state index in [1.165, 1.54) is 7.11 Å². The van der Waals surface area contributed by atoms with Crippen LogP contribution in [0.15, 0.2) is 18.2 Å². The van der Waals surface area contributed by atoms with Gasteiger partial charge in [0.1, 0.15) is 11.3 Å². The Balaban J connectivity index is 2.98. The van der Waals surface area contributed by atoms with Gasteiger partial charge < -0.3 is 24.8 Å². The van der Waals surface area contributed by atoms with Gasteiger partial charge in [-0.05, 0) is 12.1 Å². The summed E-state index contributed by atoms with van der Waals surface area (Å²) in [6.07, 6.45) is 0. The third-order valence-corrected chi connectivity index (χ3v) is 2.91. The topological polar surface area (TPSA) is 74.0 Å². The number of rotatable bonds is 8. The number of hydrogen-bond donors (Lipinski definition) is 1. The first-order valence-electron chi connectivity index (χ1n) is 6.35. The van der Waals surface area contributed by atoms with Gasteiger partial charge in [-0.1, -0.05) is 6.07 Å². The van der Waals surface area contributed by atoms with Crippen LogP contribution in [0.25, 0.3) is 0 Å². The van der Waals surface area contributed by atoms with Crippen LogP contribution in [-0.2, 0) is 9.47 Å². The highest BCUT2D eigenvalue weighted by Gasteiger charge is 2.21. The van der Waals surface area contributed by atoms with Gasteiger partial charge in [-0.15, -0.1) is 0 Å². The molecule has 0 atom stereocenters. The van der Waals surface area contributed by atoms with E-state index >= 15 is 0 Å². The highest BCUT2D eigenvalue weighted by Crippen LogP contribution is 2.25. The summed E-state index contributed by atoms with van der Waals surface area (Å²) in [6, 6.07) is 5.15. The number of nitrogens with two attached hydrogens (primary N) is 1. The average Bonchev–Trinajstić information content (AvgIpc) is 2.46. The van der Waals surface area contributed by atoms with Crippen molar-refractivity contribution in [3.8, 4) is 5.75 Å². The molecule has 0 heterocycles. The molecule has 112 valence electrons. The Morgan fingerprint density at radius 2 is 1.75 bits per heavy atom. The number of carbonyl (C=O) groups is 1. The van der Waals surface area contributed by atoms with Crippen LogP contribution in [0.4, 0.5) is 5.69 Å². The Kier molecular flexibility index (Phi) is 6.83. The summed E-state index contributed by atoms with van der Waals surface area (Å²) in [5, 5.41) is 0. The Morgan fingerprint density at radius 3 is 2.25 bits per heavy atom. The van der Waals surface area contributed by atoms with Crippen molar-refractivity contribution in [1.29, 1.82) is 0 Å². The number of anilines is 1. The van der Waals surface area contributed by atoms with Gasteiger partial charge in [0, 0.05) is 33.0 Å². The zero-order valence-electron chi connectivity index (χ0n) is 12.2. The maximum Gasteiger partial charge on any atom is 0.259 e. The molecule has 0 saturated carbocycles. The van der Waals surface area contributed by atoms with Crippen LogP contribution in [0.5, 0.6) is 5.75 Å². The van der Waals surface area contributed by atoms with Crippen molar-refractivity contribution in [3.05, 3.63) is 23.8 Å². The molecule has 0 aliphatic carbocycles. The van der Waals surface area contributed by atoms with E-state index in [1.807, 2.05) is 0 Å². The minimum Gasteiger partial charge on any atom is -0.496 e. The SMILES string of the molecule is COCCN(CCOC)C(=O)c1c(N)cccc1OC. The normalized spacial score (nSPS) is 10.3. The molecule has 2 N–H and O–H groups in total. The van der Waals surface area contributed by atoms with Crippen LogP contribution in [0.2, 0.25) is 0 Å². The first-order chi connectivity index (χ1) is 9.65. The highest BCUT2D eigenvalue weighted by molar-refractivity contribution is 6.01. The molecule has 0 aliphatic heterocycles. The van der Waals surface area contributed by atoms with Gasteiger partial charge >= 0.3 is 0 Å². The van der Waals surface area contributed by atoms with Crippen molar-refractivity contribution >= 4 is 11.6 Å². The number of amides is 1. The van der Waals surface area contributed by atoms with E-state index in [4.69, 9.17) is 19.9 Å². The van der Waals surface area contributed by atoms with E-state index in [1.54, 1.807) is 37.3 Å². The number of hydrogen-bond acceptors (Lipinski definition) is 5. The molecular formula is C14H22N2O4. The monoisotopic (exact) mass is 282 g/mol. The quantitative estimate of drug-likeness (QED) is 0.720. The summed E-state index contributed by atoms with van der Waals surface area (Å²) in [7, 11) is 4.70. The van der Waals surface area contributed by atoms with E-state index in [2.05, 4.69) is 0 Å². The molecule has 0 bridgehead atoms. The summed E-state index contributed by atoms with van der Waals surface area (Å²) in [4.78, 5) is 14.3. The third-order valence-electron chi connectivity index (χ3n) is 2.91. The summed E-state index contributed by atoms with van der Waals surface area (Å²) < 4.78 is 15.3. The highest BCUT2D eigenvalue weighted by atomic mass is 16.5. The van der Waals surface area contributed by atoms with E-state index in [0.717, 1.165) is 0 Å². The summed E-state index contributed by atoms with van der Waals surface area (Å²) >= 11 is 0. The predicted molar refractivity (Wildman–Crippen MR) is 77.1 cm³/mol. The second kappa shape index (κ2) is 8.39. The first-order valence-corrected chi connectivity index (χ1v) is 6.35. The zero-order valence-corrected chi connectivity index (χ0v) is 12.2. The Hall–Kier alpha value is -1.79. The molecule has 1 aromatic rings. The fourth-order valence-electron chi connectivity index (χ4n) is 1.82. The smallest absolute Gasteiger partial charge is 0.259 e. The molecular weight excluding hydrogens is 260 g/mol. The van der Waals surface area contributed by atoms with E-state index < -0.39 is 0 Å². The van der Waals surface area contributed by atoms with Gasteiger partial charge in [-0.25, -0.2) is 0 Å². The first kappa shape index (κ1) is 16.3. The van der Waals surface area contributed by atoms with Crippen molar-refractivity contribution < 1.29 is 19.0 Å². The lowest BCUT2D eigenvalue weighted by atomic mass is 10.1. The number of ether oxygens (including phenoxy) is 3. The lowest BCUT2D eigenvalue weighted by molar-refractivity contribution is 0.0625. The summed E-state index contributed by atoms with van der Waals surface area (Å²) in [5.41, 5.74) is 6.68. The molecule has 0 radical (unpaired) electrons. The Bertz CT molecular complexity index is 429. The van der Waals surface area contributed by atoms with Crippen molar-refractivity contribution in [3.63, 3.8) is 0 Å². The maximum atomic E-state index is 12.6. The van der Waals surface area contributed by atoms with Crippen molar-refractivity contribution in [1.82, 2.24) is 4.90 Å². The second-order valence-corrected chi connectivity index (χ2v) is 4.20. The summed E-state index contributed by atoms with van der Waals surface area (Å²) in [5.74, 6) is 0.281. The van der Waals surface area contributed by atoms with Gasteiger partial charge in [-0.2, -0.15) is 0 Å². The fourth-order valence-corrected chi connectivity index (χ4v) is 1.82. The third kappa shape index (κ3) is 4.11. The number of methoxy groups -OCH3 is 3. The molecule has 0 aromatic heterocycles. The van der Waals surface area contributed by atoms with Crippen molar-refractivity contribution in [2.24, 2.45) is 0 Å². The lowest BCUT2D eigenvalue weighted by Crippen LogP contribution is -2.37. The molecule has 6 heteroatoms. The van der Waals surface area contributed by atoms with E-state index in [0.29, 0.717) is 43.3 Å². The molecule has 1 rings (SSSR count). The molecule has 1 amide bonds. The second-order valence-electron chi connectivity index (χ2n) is 4.20. The largest absolute Gasteiger partial charge is 0.496 e. The van der Waals surface area contributed by atoms with Gasteiger partial charge in [0.2, 0.25) is 0 Å². The van der Waals surface area contributed by atoms with Gasteiger partial charge in [0.05, 0.1) is 20.3 Å². The molecule has 0 aliphatic rings. The van der Waals surface area contributed by atoms with Crippen LogP contribution in [0.1, 0.15) is 10.4 Å². The van der Waals surface area contributed by atoms with E-state index in [9.17, 15) is 4.79 Å². The maximum absolute atomic E-state index is 12.6. The van der Waals surface area contributed by atoms with Gasteiger partial charge in [-0.3, -0.25) is 4.79 Å². The molecule has 1 aromatic carbocycles. The van der Waals surface area contributed by atoms with Crippen LogP contribution in [0, 0.1) is 0 Å². The van der Waals surface area contributed by atoms with E-state index in [-0.39, 0.29) is 5.91 Å². The van der Waals surface area contributed by atoms with Crippen LogP contribution in [-0.4, -0.2) is 58.4 Å². The minimum absolute atomic E-state index is 0.186. The predicted octanol–water partition coefficient (Wildman–Crippen LogP) is 1.01. The summed E-state index contributed by atoms with van der Waals surface area (Å²) in [6.45, 7) is 1.83. The van der Waals surface area contributed by atoms with Crippen LogP contribution >= 0.6 is 0 Å². The number of carbonyl (C=O) groups excluding carboxylic acids is 1. The Labute approximate surface area is 119 Å². The molecule has 0 fully saturated rings. The van der Waals surface area contributed by atoms with Gasteiger partial charge in [0.25, 0.3) is 5.91 Å². The lowest BCUT2D eigenvalue weighted by Gasteiger charge is -2.23. The zero-order chi connectivity index (χ0) is 15.0. The number of nitrogens with zero attached hydrogens (tertiary/aromatic N) is 1. The number of nitrogen functional groups attached to an aromatic ring is 1. The van der Waals surface area contributed by atoms with Crippen molar-refractivity contribution in [2.75, 3.05) is 53.4 Å². The molecule has 0 spiro atoms. The standard InChI is InChI=1S/C14H22N2O4/c1-18-9-7-16(8-10-19-2)14(17)13-11(15)5-4-6-12(13)20-3/h4-6H,7-10,15H2,1-3H3. The number of benzene rings is 1. The minimum atomic E-state index is -0.186. The fraction of sp³-hybridized carbons (Fsp3) is 0.500. The molecule has 0 saturated heterocycles. The molecule has 0 unspecified atom stereocenters. The van der Waals surface area contributed by atoms with Gasteiger partial charge in [0.15, 0.2) is 0 Å². The molecule has 6 nitrogen and oxygen atoms in total. The van der Waals surface area contributed by atoms with Crippen LogP contribution < -0.4 is 10.5 Å².